The number of carbonyl (C=O) groups is 1. The molecular formula is C4H5Br3O2. The molecule has 0 saturated carbocycles. The first kappa shape index (κ1) is 9.91. The van der Waals surface area contributed by atoms with Crippen LogP contribution in [-0.2, 0) is 9.53 Å². The van der Waals surface area contributed by atoms with Crippen LogP contribution in [0.15, 0.2) is 0 Å². The van der Waals surface area contributed by atoms with Crippen molar-refractivity contribution in [2.45, 2.75) is 8.56 Å². The fourth-order valence-electron chi connectivity index (χ4n) is 0.223. The van der Waals surface area contributed by atoms with E-state index < -0.39 is 0 Å². The number of hydrogen-bond donors (Lipinski definition) is 0. The predicted octanol–water partition coefficient (Wildman–Crippen LogP) is 2.39. The quantitative estimate of drug-likeness (QED) is 0.453. The lowest BCUT2D eigenvalue weighted by Gasteiger charge is -2.09. The lowest BCUT2D eigenvalue weighted by molar-refractivity contribution is -0.128. The highest BCUT2D eigenvalue weighted by atomic mass is 80.0. The van der Waals surface area contributed by atoms with Gasteiger partial charge in [0.15, 0.2) is 0 Å². The van der Waals surface area contributed by atoms with Gasteiger partial charge in [-0.05, 0) is 0 Å². The number of hydrogen-bond acceptors (Lipinski definition) is 2. The van der Waals surface area contributed by atoms with Gasteiger partial charge in [0.1, 0.15) is 2.14 Å². The highest BCUT2D eigenvalue weighted by Crippen LogP contribution is 2.36. The first-order valence-electron chi connectivity index (χ1n) is 2.18. The second kappa shape index (κ2) is 4.68. The van der Waals surface area contributed by atoms with Gasteiger partial charge in [-0.1, -0.05) is 47.8 Å². The molecule has 0 aromatic rings. The molecule has 0 atom stereocenters. The van der Waals surface area contributed by atoms with Crippen LogP contribution in [0, 0.1) is 0 Å². The zero-order chi connectivity index (χ0) is 7.33. The minimum Gasteiger partial charge on any atom is -0.468 e. The molecule has 0 amide bonds. The Morgan fingerprint density at radius 2 is 2.00 bits per heavy atom. The number of ether oxygens (including phenoxy) is 1. The Bertz CT molecular complexity index is 88.3. The fraction of sp³-hybridized carbons (Fsp3) is 0.750. The lowest BCUT2D eigenvalue weighted by Crippen LogP contribution is -2.04. The van der Waals surface area contributed by atoms with Crippen LogP contribution in [0.4, 0.5) is 0 Å². The Morgan fingerprint density at radius 3 is 2.33 bits per heavy atom. The van der Waals surface area contributed by atoms with E-state index in [9.17, 15) is 4.79 Å². The molecule has 0 heterocycles. The first-order chi connectivity index (χ1) is 4.06. The Morgan fingerprint density at radius 1 is 1.44 bits per heavy atom. The van der Waals surface area contributed by atoms with Crippen molar-refractivity contribution < 1.29 is 9.53 Å². The summed E-state index contributed by atoms with van der Waals surface area (Å²) in [6.45, 7) is 0.823. The maximum Gasteiger partial charge on any atom is 0.293 e. The molecule has 54 valence electrons. The lowest BCUT2D eigenvalue weighted by atomic mass is 10.5. The summed E-state index contributed by atoms with van der Waals surface area (Å²) in [5.41, 5.74) is 0. The molecule has 0 aliphatic rings. The second-order valence-electron chi connectivity index (χ2n) is 1.33. The highest BCUT2D eigenvalue weighted by molar-refractivity contribution is 9.39. The average molecular weight is 325 g/mol. The van der Waals surface area contributed by atoms with E-state index in [1.165, 1.54) is 0 Å². The second-order valence-corrected chi connectivity index (χ2v) is 8.59. The standard InChI is InChI=1S/C4H5Br3O2/c5-4(6,7)1-2-9-3-8/h3H,1-2H2. The molecule has 5 heteroatoms. The van der Waals surface area contributed by atoms with E-state index in [2.05, 4.69) is 52.5 Å². The van der Waals surface area contributed by atoms with Gasteiger partial charge in [-0.3, -0.25) is 4.79 Å². The summed E-state index contributed by atoms with van der Waals surface area (Å²) < 4.78 is 4.14. The molecule has 0 saturated heterocycles. The van der Waals surface area contributed by atoms with Crippen LogP contribution >= 0.6 is 47.8 Å². The van der Waals surface area contributed by atoms with Crippen LogP contribution in [0.25, 0.3) is 0 Å². The maximum atomic E-state index is 9.62. The summed E-state index contributed by atoms with van der Waals surface area (Å²) in [6.07, 6.45) is 0.672. The summed E-state index contributed by atoms with van der Waals surface area (Å²) in [4.78, 5) is 9.62. The average Bonchev–Trinajstić information content (AvgIpc) is 1.63. The molecule has 0 aliphatic heterocycles. The molecule has 0 spiro atoms. The topological polar surface area (TPSA) is 26.3 Å². The maximum absolute atomic E-state index is 9.62. The van der Waals surface area contributed by atoms with E-state index in [-0.39, 0.29) is 2.14 Å². The number of carbonyl (C=O) groups excluding carboxylic acids is 1. The normalized spacial score (nSPS) is 11.0. The smallest absolute Gasteiger partial charge is 0.293 e. The monoisotopic (exact) mass is 322 g/mol. The molecule has 0 N–H and O–H groups in total. The zero-order valence-corrected chi connectivity index (χ0v) is 9.20. The highest BCUT2D eigenvalue weighted by Gasteiger charge is 2.16. The summed E-state index contributed by atoms with van der Waals surface area (Å²) >= 11 is 9.74. The van der Waals surface area contributed by atoms with Gasteiger partial charge in [0.25, 0.3) is 6.47 Å². The number of halogens is 3. The van der Waals surface area contributed by atoms with Gasteiger partial charge < -0.3 is 4.74 Å². The van der Waals surface area contributed by atoms with Crippen LogP contribution in [0.5, 0.6) is 0 Å². The molecule has 0 aromatic carbocycles. The van der Waals surface area contributed by atoms with E-state index in [0.717, 1.165) is 0 Å². The van der Waals surface area contributed by atoms with Crippen molar-refractivity contribution in [2.75, 3.05) is 6.61 Å². The largest absolute Gasteiger partial charge is 0.468 e. The van der Waals surface area contributed by atoms with Gasteiger partial charge in [0.2, 0.25) is 0 Å². The van der Waals surface area contributed by atoms with Gasteiger partial charge >= 0.3 is 0 Å². The third kappa shape index (κ3) is 8.91. The SMILES string of the molecule is O=COCCC(Br)(Br)Br. The number of alkyl halides is 3. The van der Waals surface area contributed by atoms with E-state index in [4.69, 9.17) is 0 Å². The third-order valence-corrected chi connectivity index (χ3v) is 1.76. The summed E-state index contributed by atoms with van der Waals surface area (Å²) in [5.74, 6) is 0. The van der Waals surface area contributed by atoms with Crippen LogP contribution in [0.2, 0.25) is 0 Å². The van der Waals surface area contributed by atoms with Crippen LogP contribution in [0.3, 0.4) is 0 Å². The van der Waals surface area contributed by atoms with Crippen molar-refractivity contribution in [3.8, 4) is 0 Å². The zero-order valence-electron chi connectivity index (χ0n) is 4.44. The third-order valence-electron chi connectivity index (χ3n) is 0.571. The van der Waals surface area contributed by atoms with Gasteiger partial charge in [-0.15, -0.1) is 0 Å². The van der Waals surface area contributed by atoms with Crippen LogP contribution < -0.4 is 0 Å². The Labute approximate surface area is 78.7 Å². The predicted molar refractivity (Wildman–Crippen MR) is 46.1 cm³/mol. The molecule has 2 nitrogen and oxygen atoms in total. The minimum atomic E-state index is -0.296. The van der Waals surface area contributed by atoms with Gasteiger partial charge in [0, 0.05) is 6.42 Å². The molecule has 0 aromatic heterocycles. The molecule has 0 aliphatic carbocycles. The van der Waals surface area contributed by atoms with E-state index in [1.807, 2.05) is 0 Å². The summed E-state index contributed by atoms with van der Waals surface area (Å²) in [7, 11) is 0. The van der Waals surface area contributed by atoms with Crippen molar-refractivity contribution in [3.63, 3.8) is 0 Å². The van der Waals surface area contributed by atoms with Crippen molar-refractivity contribution in [3.05, 3.63) is 0 Å². The van der Waals surface area contributed by atoms with Crippen molar-refractivity contribution in [1.82, 2.24) is 0 Å². The molecule has 0 rings (SSSR count). The molecule has 9 heavy (non-hydrogen) atoms. The number of rotatable bonds is 3. The van der Waals surface area contributed by atoms with Gasteiger partial charge in [-0.2, -0.15) is 0 Å². The first-order valence-corrected chi connectivity index (χ1v) is 4.56. The van der Waals surface area contributed by atoms with E-state index in [0.29, 0.717) is 19.5 Å². The van der Waals surface area contributed by atoms with Gasteiger partial charge in [0.05, 0.1) is 6.61 Å². The molecule has 0 radical (unpaired) electrons. The van der Waals surface area contributed by atoms with Crippen molar-refractivity contribution in [1.29, 1.82) is 0 Å². The minimum absolute atomic E-state index is 0.296. The summed E-state index contributed by atoms with van der Waals surface area (Å²) in [6, 6.07) is 0. The Kier molecular flexibility index (Phi) is 5.16. The molecule has 0 fully saturated rings. The van der Waals surface area contributed by atoms with Crippen molar-refractivity contribution >= 4 is 54.3 Å². The molecule has 0 bridgehead atoms. The fourth-order valence-corrected chi connectivity index (χ4v) is 0.708. The van der Waals surface area contributed by atoms with Crippen LogP contribution in [-0.4, -0.2) is 15.2 Å². The van der Waals surface area contributed by atoms with E-state index in [1.54, 1.807) is 0 Å². The molecular weight excluding hydrogens is 320 g/mol. The Hall–Kier alpha value is 0.910. The van der Waals surface area contributed by atoms with Gasteiger partial charge in [-0.25, -0.2) is 0 Å². The molecule has 0 unspecified atom stereocenters. The Balaban J connectivity index is 3.17. The van der Waals surface area contributed by atoms with E-state index >= 15 is 0 Å². The van der Waals surface area contributed by atoms with Crippen LogP contribution in [0.1, 0.15) is 6.42 Å². The van der Waals surface area contributed by atoms with Crippen molar-refractivity contribution in [2.24, 2.45) is 0 Å². The summed E-state index contributed by atoms with van der Waals surface area (Å²) in [5, 5.41) is 0.